The lowest BCUT2D eigenvalue weighted by molar-refractivity contribution is 0.0952. The molecule has 0 saturated heterocycles. The van der Waals surface area contributed by atoms with E-state index in [1.165, 1.54) is 0 Å². The van der Waals surface area contributed by atoms with E-state index in [1.54, 1.807) is 18.3 Å². The molecule has 7 heteroatoms. The standard InChI is InChI=1S/C32H35N5O2/c1-6-19-33-29(38)22-14-16-23(17-15-22)35-31-34-20-18-28(37-31)24-11-9-13-27(21(24)2)36-30(39)25-10-7-8-12-26(25)32(3,4)5/h7-18,20H,6,19H2,1-5H3,(H,33,38)(H,36,39)(H,34,35,37). The maximum absolute atomic E-state index is 13.3. The van der Waals surface area contributed by atoms with Crippen LogP contribution in [0.25, 0.3) is 11.3 Å². The number of hydrogen-bond donors (Lipinski definition) is 3. The van der Waals surface area contributed by atoms with Crippen molar-refractivity contribution in [1.29, 1.82) is 0 Å². The average molecular weight is 522 g/mol. The molecule has 0 aliphatic rings. The molecular weight excluding hydrogens is 486 g/mol. The van der Waals surface area contributed by atoms with Crippen LogP contribution in [0.3, 0.4) is 0 Å². The van der Waals surface area contributed by atoms with Crippen LogP contribution in [0.1, 0.15) is 66.0 Å². The molecule has 3 N–H and O–H groups in total. The van der Waals surface area contributed by atoms with Crippen molar-refractivity contribution in [3.8, 4) is 11.3 Å². The number of rotatable bonds is 8. The fraction of sp³-hybridized carbons (Fsp3) is 0.250. The minimum absolute atomic E-state index is 0.0917. The number of amides is 2. The Morgan fingerprint density at radius 1 is 0.872 bits per heavy atom. The van der Waals surface area contributed by atoms with Gasteiger partial charge >= 0.3 is 0 Å². The zero-order valence-electron chi connectivity index (χ0n) is 23.1. The fourth-order valence-corrected chi connectivity index (χ4v) is 4.32. The molecule has 0 fully saturated rings. The van der Waals surface area contributed by atoms with Crippen LogP contribution in [0, 0.1) is 6.92 Å². The summed E-state index contributed by atoms with van der Waals surface area (Å²) in [4.78, 5) is 34.5. The molecule has 4 rings (SSSR count). The van der Waals surface area contributed by atoms with Gasteiger partial charge < -0.3 is 16.0 Å². The number of benzene rings is 3. The molecular formula is C32H35N5O2. The zero-order valence-corrected chi connectivity index (χ0v) is 23.1. The number of hydrogen-bond acceptors (Lipinski definition) is 5. The van der Waals surface area contributed by atoms with E-state index in [-0.39, 0.29) is 17.2 Å². The van der Waals surface area contributed by atoms with Gasteiger partial charge in [-0.05, 0) is 72.4 Å². The SMILES string of the molecule is CCCNC(=O)c1ccc(Nc2nccc(-c3cccc(NC(=O)c4ccccc4C(C)(C)C)c3C)n2)cc1. The fourth-order valence-electron chi connectivity index (χ4n) is 4.32. The van der Waals surface area contributed by atoms with Gasteiger partial charge in [0, 0.05) is 40.8 Å². The van der Waals surface area contributed by atoms with Crippen molar-refractivity contribution in [2.75, 3.05) is 17.2 Å². The predicted octanol–water partition coefficient (Wildman–Crippen LogP) is 6.89. The van der Waals surface area contributed by atoms with E-state index in [2.05, 4.69) is 41.7 Å². The van der Waals surface area contributed by atoms with Gasteiger partial charge in [0.2, 0.25) is 5.95 Å². The highest BCUT2D eigenvalue weighted by atomic mass is 16.2. The smallest absolute Gasteiger partial charge is 0.255 e. The van der Waals surface area contributed by atoms with Crippen molar-refractivity contribution in [2.45, 2.75) is 46.5 Å². The Balaban J connectivity index is 1.53. The second kappa shape index (κ2) is 11.9. The van der Waals surface area contributed by atoms with E-state index in [4.69, 9.17) is 4.98 Å². The van der Waals surface area contributed by atoms with Gasteiger partial charge in [-0.25, -0.2) is 9.97 Å². The lowest BCUT2D eigenvalue weighted by Gasteiger charge is -2.22. The van der Waals surface area contributed by atoms with Crippen LogP contribution in [0.15, 0.2) is 79.0 Å². The molecule has 0 atom stereocenters. The van der Waals surface area contributed by atoms with E-state index in [1.807, 2.05) is 74.5 Å². The van der Waals surface area contributed by atoms with Crippen LogP contribution in [-0.4, -0.2) is 28.3 Å². The highest BCUT2D eigenvalue weighted by Gasteiger charge is 2.22. The molecule has 2 amide bonds. The van der Waals surface area contributed by atoms with E-state index < -0.39 is 0 Å². The van der Waals surface area contributed by atoms with Crippen LogP contribution < -0.4 is 16.0 Å². The first-order valence-electron chi connectivity index (χ1n) is 13.2. The number of anilines is 3. The molecule has 0 radical (unpaired) electrons. The highest BCUT2D eigenvalue weighted by Crippen LogP contribution is 2.30. The summed E-state index contributed by atoms with van der Waals surface area (Å²) < 4.78 is 0. The van der Waals surface area contributed by atoms with Crippen LogP contribution in [0.2, 0.25) is 0 Å². The Labute approximate surface area is 230 Å². The van der Waals surface area contributed by atoms with Gasteiger partial charge in [-0.3, -0.25) is 9.59 Å². The summed E-state index contributed by atoms with van der Waals surface area (Å²) in [7, 11) is 0. The third-order valence-electron chi connectivity index (χ3n) is 6.43. The highest BCUT2D eigenvalue weighted by molar-refractivity contribution is 6.06. The van der Waals surface area contributed by atoms with Crippen molar-refractivity contribution >= 4 is 29.1 Å². The number of nitrogens with zero attached hydrogens (tertiary/aromatic N) is 2. The maximum Gasteiger partial charge on any atom is 0.255 e. The molecule has 0 spiro atoms. The topological polar surface area (TPSA) is 96.0 Å². The summed E-state index contributed by atoms with van der Waals surface area (Å²) in [6.45, 7) is 10.9. The van der Waals surface area contributed by atoms with Gasteiger partial charge in [0.05, 0.1) is 5.69 Å². The van der Waals surface area contributed by atoms with E-state index in [0.29, 0.717) is 23.6 Å². The number of carbonyl (C=O) groups excluding carboxylic acids is 2. The van der Waals surface area contributed by atoms with Crippen molar-refractivity contribution < 1.29 is 9.59 Å². The minimum Gasteiger partial charge on any atom is -0.352 e. The van der Waals surface area contributed by atoms with Crippen LogP contribution in [0.5, 0.6) is 0 Å². The molecule has 1 aromatic heterocycles. The number of nitrogens with one attached hydrogen (secondary N) is 3. The summed E-state index contributed by atoms with van der Waals surface area (Å²) in [6, 6.07) is 22.5. The molecule has 0 bridgehead atoms. The Bertz CT molecular complexity index is 1470. The summed E-state index contributed by atoms with van der Waals surface area (Å²) in [5, 5.41) is 9.18. The third kappa shape index (κ3) is 6.68. The van der Waals surface area contributed by atoms with Gasteiger partial charge in [0.1, 0.15) is 0 Å². The summed E-state index contributed by atoms with van der Waals surface area (Å²) in [5.41, 5.74) is 6.14. The molecule has 0 saturated carbocycles. The summed E-state index contributed by atoms with van der Waals surface area (Å²) >= 11 is 0. The zero-order chi connectivity index (χ0) is 28.0. The second-order valence-electron chi connectivity index (χ2n) is 10.5. The predicted molar refractivity (Wildman–Crippen MR) is 158 cm³/mol. The molecule has 7 nitrogen and oxygen atoms in total. The van der Waals surface area contributed by atoms with Crippen LogP contribution >= 0.6 is 0 Å². The van der Waals surface area contributed by atoms with Crippen molar-refractivity contribution in [3.63, 3.8) is 0 Å². The quantitative estimate of drug-likeness (QED) is 0.235. The van der Waals surface area contributed by atoms with Gasteiger partial charge in [-0.2, -0.15) is 0 Å². The molecule has 4 aromatic rings. The molecule has 39 heavy (non-hydrogen) atoms. The molecule has 3 aromatic carbocycles. The summed E-state index contributed by atoms with van der Waals surface area (Å²) in [6.07, 6.45) is 2.58. The van der Waals surface area contributed by atoms with Crippen LogP contribution in [-0.2, 0) is 5.41 Å². The van der Waals surface area contributed by atoms with Gasteiger partial charge in [-0.15, -0.1) is 0 Å². The van der Waals surface area contributed by atoms with Gasteiger partial charge in [0.25, 0.3) is 11.8 Å². The number of carbonyl (C=O) groups is 2. The Morgan fingerprint density at radius 2 is 1.62 bits per heavy atom. The largest absolute Gasteiger partial charge is 0.352 e. The molecule has 0 aliphatic carbocycles. The molecule has 0 unspecified atom stereocenters. The average Bonchev–Trinajstić information content (AvgIpc) is 2.93. The monoisotopic (exact) mass is 521 g/mol. The lowest BCUT2D eigenvalue weighted by atomic mass is 9.83. The Kier molecular flexibility index (Phi) is 8.39. The van der Waals surface area contributed by atoms with E-state index in [0.717, 1.165) is 40.2 Å². The third-order valence-corrected chi connectivity index (χ3v) is 6.43. The van der Waals surface area contributed by atoms with E-state index >= 15 is 0 Å². The molecule has 200 valence electrons. The Morgan fingerprint density at radius 3 is 2.33 bits per heavy atom. The minimum atomic E-state index is -0.156. The van der Waals surface area contributed by atoms with Gasteiger partial charge in [0.15, 0.2) is 0 Å². The first-order valence-corrected chi connectivity index (χ1v) is 13.2. The normalized spacial score (nSPS) is 11.1. The summed E-state index contributed by atoms with van der Waals surface area (Å²) in [5.74, 6) is 0.201. The van der Waals surface area contributed by atoms with E-state index in [9.17, 15) is 9.59 Å². The number of aromatic nitrogens is 2. The van der Waals surface area contributed by atoms with Crippen molar-refractivity contribution in [2.24, 2.45) is 0 Å². The molecule has 1 heterocycles. The van der Waals surface area contributed by atoms with Gasteiger partial charge in [-0.1, -0.05) is 58.0 Å². The lowest BCUT2D eigenvalue weighted by Crippen LogP contribution is -2.23. The first-order chi connectivity index (χ1) is 18.7. The second-order valence-corrected chi connectivity index (χ2v) is 10.5. The van der Waals surface area contributed by atoms with Crippen molar-refractivity contribution in [1.82, 2.24) is 15.3 Å². The maximum atomic E-state index is 13.3. The first kappa shape index (κ1) is 27.5. The van der Waals surface area contributed by atoms with Crippen molar-refractivity contribution in [3.05, 3.63) is 101 Å². The molecule has 0 aliphatic heterocycles. The Hall–Kier alpha value is -4.52. The van der Waals surface area contributed by atoms with Crippen LogP contribution in [0.4, 0.5) is 17.3 Å².